The molecular weight excluding hydrogens is 342 g/mol. The van der Waals surface area contributed by atoms with Gasteiger partial charge in [-0.1, -0.05) is 52.3 Å². The van der Waals surface area contributed by atoms with Gasteiger partial charge in [0.2, 0.25) is 11.8 Å². The van der Waals surface area contributed by atoms with Crippen molar-refractivity contribution in [2.24, 2.45) is 0 Å². The minimum atomic E-state index is 0.546. The molecular formula is C17H16BrN3O. The minimum Gasteiger partial charge on any atom is -0.419 e. The first-order chi connectivity index (χ1) is 10.7. The van der Waals surface area contributed by atoms with Crippen molar-refractivity contribution >= 4 is 15.9 Å². The molecule has 0 amide bonds. The lowest BCUT2D eigenvalue weighted by atomic mass is 10.2. The third-order valence-corrected chi connectivity index (χ3v) is 3.73. The van der Waals surface area contributed by atoms with E-state index in [2.05, 4.69) is 43.2 Å². The lowest BCUT2D eigenvalue weighted by Gasteiger charge is -2.13. The van der Waals surface area contributed by atoms with Crippen molar-refractivity contribution in [3.8, 4) is 11.5 Å². The van der Waals surface area contributed by atoms with Crippen molar-refractivity contribution in [3.63, 3.8) is 0 Å². The van der Waals surface area contributed by atoms with Gasteiger partial charge in [-0.05, 0) is 30.8 Å². The van der Waals surface area contributed by atoms with Gasteiger partial charge in [0, 0.05) is 16.6 Å². The highest BCUT2D eigenvalue weighted by Gasteiger charge is 2.11. The molecule has 0 saturated heterocycles. The van der Waals surface area contributed by atoms with Crippen LogP contribution in [0, 0.1) is 0 Å². The second kappa shape index (κ2) is 6.85. The standard InChI is InChI=1S/C17H16BrN3O/c1-21(11-13-6-3-2-4-7-13)12-16-19-20-17(22-16)14-8-5-9-15(18)10-14/h2-10H,11-12H2,1H3. The van der Waals surface area contributed by atoms with Gasteiger partial charge in [0.1, 0.15) is 0 Å². The summed E-state index contributed by atoms with van der Waals surface area (Å²) in [7, 11) is 2.04. The van der Waals surface area contributed by atoms with Crippen LogP contribution < -0.4 is 0 Å². The zero-order valence-electron chi connectivity index (χ0n) is 12.2. The van der Waals surface area contributed by atoms with E-state index in [1.807, 2.05) is 49.5 Å². The Balaban J connectivity index is 1.66. The lowest BCUT2D eigenvalue weighted by Crippen LogP contribution is -2.17. The molecule has 0 fully saturated rings. The van der Waals surface area contributed by atoms with E-state index in [9.17, 15) is 0 Å². The summed E-state index contributed by atoms with van der Waals surface area (Å²) in [6.45, 7) is 1.46. The monoisotopic (exact) mass is 357 g/mol. The molecule has 0 aliphatic heterocycles. The van der Waals surface area contributed by atoms with E-state index in [-0.39, 0.29) is 0 Å². The maximum absolute atomic E-state index is 5.75. The van der Waals surface area contributed by atoms with Crippen LogP contribution in [0.4, 0.5) is 0 Å². The van der Waals surface area contributed by atoms with Crippen LogP contribution in [0.2, 0.25) is 0 Å². The Morgan fingerprint density at radius 2 is 1.82 bits per heavy atom. The average molecular weight is 358 g/mol. The molecule has 0 radical (unpaired) electrons. The Morgan fingerprint density at radius 1 is 1.00 bits per heavy atom. The second-order valence-corrected chi connectivity index (χ2v) is 6.08. The zero-order chi connectivity index (χ0) is 15.4. The summed E-state index contributed by atoms with van der Waals surface area (Å²) in [5.41, 5.74) is 2.18. The molecule has 1 aromatic heterocycles. The quantitative estimate of drug-likeness (QED) is 0.688. The van der Waals surface area contributed by atoms with Crippen molar-refractivity contribution < 1.29 is 4.42 Å². The summed E-state index contributed by atoms with van der Waals surface area (Å²) < 4.78 is 6.74. The Hall–Kier alpha value is -1.98. The van der Waals surface area contributed by atoms with Gasteiger partial charge in [0.15, 0.2) is 0 Å². The lowest BCUT2D eigenvalue weighted by molar-refractivity contribution is 0.283. The SMILES string of the molecule is CN(Cc1ccccc1)Cc1nnc(-c2cccc(Br)c2)o1. The Labute approximate surface area is 137 Å². The van der Waals surface area contributed by atoms with Crippen molar-refractivity contribution in [3.05, 3.63) is 70.5 Å². The first kappa shape index (κ1) is 14.9. The van der Waals surface area contributed by atoms with Gasteiger partial charge in [0.25, 0.3) is 0 Å². The third-order valence-electron chi connectivity index (χ3n) is 3.24. The highest BCUT2D eigenvalue weighted by atomic mass is 79.9. The Kier molecular flexibility index (Phi) is 4.65. The number of halogens is 1. The first-order valence-corrected chi connectivity index (χ1v) is 7.81. The van der Waals surface area contributed by atoms with Gasteiger partial charge in [0.05, 0.1) is 6.54 Å². The van der Waals surface area contributed by atoms with Crippen molar-refractivity contribution in [1.82, 2.24) is 15.1 Å². The summed E-state index contributed by atoms with van der Waals surface area (Å²) in [4.78, 5) is 2.15. The van der Waals surface area contributed by atoms with E-state index in [0.29, 0.717) is 18.3 Å². The van der Waals surface area contributed by atoms with E-state index >= 15 is 0 Å². The molecule has 0 N–H and O–H groups in total. The fraction of sp³-hybridized carbons (Fsp3) is 0.176. The molecule has 4 nitrogen and oxygen atoms in total. The predicted octanol–water partition coefficient (Wildman–Crippen LogP) is 4.13. The summed E-state index contributed by atoms with van der Waals surface area (Å²) in [6.07, 6.45) is 0. The molecule has 0 bridgehead atoms. The number of rotatable bonds is 5. The summed E-state index contributed by atoms with van der Waals surface area (Å²) >= 11 is 3.45. The van der Waals surface area contributed by atoms with Gasteiger partial charge in [-0.2, -0.15) is 0 Å². The van der Waals surface area contributed by atoms with Gasteiger partial charge >= 0.3 is 0 Å². The smallest absolute Gasteiger partial charge is 0.247 e. The topological polar surface area (TPSA) is 42.2 Å². The number of benzene rings is 2. The van der Waals surface area contributed by atoms with E-state index in [1.165, 1.54) is 5.56 Å². The van der Waals surface area contributed by atoms with Crippen LogP contribution in [0.1, 0.15) is 11.5 Å². The van der Waals surface area contributed by atoms with Crippen molar-refractivity contribution in [1.29, 1.82) is 0 Å². The van der Waals surface area contributed by atoms with Crippen LogP contribution in [0.3, 0.4) is 0 Å². The van der Waals surface area contributed by atoms with Crippen LogP contribution in [0.5, 0.6) is 0 Å². The van der Waals surface area contributed by atoms with E-state index in [1.54, 1.807) is 0 Å². The molecule has 0 atom stereocenters. The van der Waals surface area contributed by atoms with Gasteiger partial charge < -0.3 is 4.42 Å². The second-order valence-electron chi connectivity index (χ2n) is 5.17. The fourth-order valence-corrected chi connectivity index (χ4v) is 2.64. The summed E-state index contributed by atoms with van der Waals surface area (Å²) in [6, 6.07) is 18.2. The highest BCUT2D eigenvalue weighted by molar-refractivity contribution is 9.10. The van der Waals surface area contributed by atoms with Gasteiger partial charge in [-0.25, -0.2) is 0 Å². The number of nitrogens with zero attached hydrogens (tertiary/aromatic N) is 3. The molecule has 5 heteroatoms. The van der Waals surface area contributed by atoms with Gasteiger partial charge in [-0.3, -0.25) is 4.90 Å². The normalized spacial score (nSPS) is 11.0. The Bertz CT molecular complexity index is 742. The van der Waals surface area contributed by atoms with E-state index in [0.717, 1.165) is 16.6 Å². The van der Waals surface area contributed by atoms with Crippen LogP contribution in [0.25, 0.3) is 11.5 Å². The molecule has 0 aliphatic carbocycles. The van der Waals surface area contributed by atoms with Crippen LogP contribution >= 0.6 is 15.9 Å². The molecule has 3 rings (SSSR count). The Morgan fingerprint density at radius 3 is 2.59 bits per heavy atom. The molecule has 3 aromatic rings. The third kappa shape index (κ3) is 3.81. The molecule has 0 spiro atoms. The van der Waals surface area contributed by atoms with E-state index < -0.39 is 0 Å². The van der Waals surface area contributed by atoms with Crippen LogP contribution in [-0.2, 0) is 13.1 Å². The largest absolute Gasteiger partial charge is 0.419 e. The average Bonchev–Trinajstić information content (AvgIpc) is 2.96. The molecule has 2 aromatic carbocycles. The maximum Gasteiger partial charge on any atom is 0.247 e. The van der Waals surface area contributed by atoms with Crippen LogP contribution in [0.15, 0.2) is 63.5 Å². The zero-order valence-corrected chi connectivity index (χ0v) is 13.8. The molecule has 22 heavy (non-hydrogen) atoms. The molecule has 0 aliphatic rings. The highest BCUT2D eigenvalue weighted by Crippen LogP contribution is 2.22. The molecule has 0 saturated carbocycles. The number of aromatic nitrogens is 2. The van der Waals surface area contributed by atoms with E-state index in [4.69, 9.17) is 4.42 Å². The predicted molar refractivity (Wildman–Crippen MR) is 89.0 cm³/mol. The maximum atomic E-state index is 5.75. The molecule has 112 valence electrons. The summed E-state index contributed by atoms with van der Waals surface area (Å²) in [5, 5.41) is 8.25. The molecule has 1 heterocycles. The van der Waals surface area contributed by atoms with Gasteiger partial charge in [-0.15, -0.1) is 10.2 Å². The van der Waals surface area contributed by atoms with Crippen LogP contribution in [-0.4, -0.2) is 22.1 Å². The molecule has 0 unspecified atom stereocenters. The minimum absolute atomic E-state index is 0.546. The van der Waals surface area contributed by atoms with Crippen molar-refractivity contribution in [2.45, 2.75) is 13.1 Å². The first-order valence-electron chi connectivity index (χ1n) is 7.01. The fourth-order valence-electron chi connectivity index (χ4n) is 2.24. The number of hydrogen-bond donors (Lipinski definition) is 0. The van der Waals surface area contributed by atoms with Crippen molar-refractivity contribution in [2.75, 3.05) is 7.05 Å². The number of hydrogen-bond acceptors (Lipinski definition) is 4. The summed E-state index contributed by atoms with van der Waals surface area (Å²) in [5.74, 6) is 1.16.